The molecule has 0 saturated heterocycles. The summed E-state index contributed by atoms with van der Waals surface area (Å²) in [5.74, 6) is 1.49. The van der Waals surface area contributed by atoms with Gasteiger partial charge in [-0.1, -0.05) is 70.4 Å². The molecule has 0 saturated carbocycles. The molecule has 140 valence electrons. The van der Waals surface area contributed by atoms with Crippen LogP contribution in [0.5, 0.6) is 0 Å². The molecule has 0 unspecified atom stereocenters. The van der Waals surface area contributed by atoms with Crippen molar-refractivity contribution in [1.82, 2.24) is 0 Å². The van der Waals surface area contributed by atoms with Crippen molar-refractivity contribution in [2.45, 2.75) is 66.0 Å². The van der Waals surface area contributed by atoms with Crippen LogP contribution in [-0.4, -0.2) is 15.4 Å². The Balaban J connectivity index is 3.07. The normalized spacial score (nSPS) is 13.2. The molecule has 25 heavy (non-hydrogen) atoms. The molecule has 0 heterocycles. The summed E-state index contributed by atoms with van der Waals surface area (Å²) in [6.07, 6.45) is 9.94. The van der Waals surface area contributed by atoms with Crippen LogP contribution < -0.4 is 5.19 Å². The highest BCUT2D eigenvalue weighted by Crippen LogP contribution is 2.26. The van der Waals surface area contributed by atoms with E-state index >= 15 is 0 Å². The maximum atomic E-state index is 6.71. The van der Waals surface area contributed by atoms with E-state index in [1.165, 1.54) is 36.4 Å². The van der Waals surface area contributed by atoms with Gasteiger partial charge in [-0.15, -0.1) is 0 Å². The third-order valence-corrected chi connectivity index (χ3v) is 6.83. The van der Waals surface area contributed by atoms with Gasteiger partial charge in [-0.25, -0.2) is 0 Å². The minimum Gasteiger partial charge on any atom is -0.542 e. The Morgan fingerprint density at radius 1 is 1.08 bits per heavy atom. The first-order chi connectivity index (χ1) is 11.9. The van der Waals surface area contributed by atoms with Gasteiger partial charge in [0, 0.05) is 5.92 Å². The highest BCUT2D eigenvalue weighted by atomic mass is 28.4. The maximum Gasteiger partial charge on any atom is 0.276 e. The van der Waals surface area contributed by atoms with Gasteiger partial charge in [0.15, 0.2) is 0 Å². The number of benzene rings is 1. The summed E-state index contributed by atoms with van der Waals surface area (Å²) < 4.78 is 11.9. The molecule has 0 aliphatic carbocycles. The fourth-order valence-corrected chi connectivity index (χ4v) is 4.94. The molecule has 2 nitrogen and oxygen atoms in total. The summed E-state index contributed by atoms with van der Waals surface area (Å²) in [5.41, 5.74) is 1.28. The Kier molecular flexibility index (Phi) is 9.65. The van der Waals surface area contributed by atoms with E-state index in [1.807, 2.05) is 0 Å². The molecule has 1 aromatic carbocycles. The van der Waals surface area contributed by atoms with Crippen molar-refractivity contribution in [2.24, 2.45) is 5.92 Å². The van der Waals surface area contributed by atoms with Crippen molar-refractivity contribution in [1.29, 1.82) is 0 Å². The number of hydrogen-bond acceptors (Lipinski definition) is 2. The standard InChI is InChI=1S/C22H36O2Si/c1-7-8-9-11-14-20(17-18-23-4)22(19(2)3)24-25(5,6)21-15-12-10-13-16-21/h10,12-13,15-19H,7-9,11,14H2,1-6H3/b18-17+,22-20-. The van der Waals surface area contributed by atoms with Gasteiger partial charge < -0.3 is 9.16 Å². The van der Waals surface area contributed by atoms with E-state index in [0.717, 1.165) is 12.2 Å². The maximum absolute atomic E-state index is 6.71. The molecular formula is C22H36O2Si. The van der Waals surface area contributed by atoms with Crippen molar-refractivity contribution in [3.63, 3.8) is 0 Å². The first kappa shape index (κ1) is 21.6. The van der Waals surface area contributed by atoms with Crippen molar-refractivity contribution >= 4 is 13.5 Å². The second-order valence-corrected chi connectivity index (χ2v) is 11.2. The Bertz CT molecular complexity index is 544. The predicted octanol–water partition coefficient (Wildman–Crippen LogP) is 6.16. The number of ether oxygens (including phenoxy) is 1. The summed E-state index contributed by atoms with van der Waals surface area (Å²) in [6.45, 7) is 11.2. The van der Waals surface area contributed by atoms with Gasteiger partial charge in [0.1, 0.15) is 0 Å². The molecule has 1 rings (SSSR count). The Labute approximate surface area is 156 Å². The highest BCUT2D eigenvalue weighted by Gasteiger charge is 2.29. The van der Waals surface area contributed by atoms with Gasteiger partial charge in [0.2, 0.25) is 0 Å². The van der Waals surface area contributed by atoms with E-state index in [4.69, 9.17) is 9.16 Å². The molecule has 0 aliphatic rings. The van der Waals surface area contributed by atoms with Gasteiger partial charge in [-0.2, -0.15) is 0 Å². The van der Waals surface area contributed by atoms with Crippen LogP contribution in [0.25, 0.3) is 0 Å². The Morgan fingerprint density at radius 2 is 1.76 bits per heavy atom. The first-order valence-electron chi connectivity index (χ1n) is 9.59. The number of methoxy groups -OCH3 is 1. The van der Waals surface area contributed by atoms with Crippen LogP contribution in [0.4, 0.5) is 0 Å². The van der Waals surface area contributed by atoms with Crippen LogP contribution in [0, 0.1) is 5.92 Å². The minimum absolute atomic E-state index is 0.359. The van der Waals surface area contributed by atoms with Gasteiger partial charge in [-0.05, 0) is 42.8 Å². The number of rotatable bonds is 11. The third kappa shape index (κ3) is 7.51. The summed E-state index contributed by atoms with van der Waals surface area (Å²) in [4.78, 5) is 0. The lowest BCUT2D eigenvalue weighted by atomic mass is 10.0. The van der Waals surface area contributed by atoms with Gasteiger partial charge in [-0.3, -0.25) is 0 Å². The summed E-state index contributed by atoms with van der Waals surface area (Å²) in [6, 6.07) is 10.6. The van der Waals surface area contributed by atoms with Crippen molar-refractivity contribution < 1.29 is 9.16 Å². The summed E-state index contributed by atoms with van der Waals surface area (Å²) in [5, 5.41) is 1.33. The lowest BCUT2D eigenvalue weighted by Crippen LogP contribution is -2.45. The third-order valence-electron chi connectivity index (χ3n) is 4.38. The second-order valence-electron chi connectivity index (χ2n) is 7.37. The molecule has 0 radical (unpaired) electrons. The van der Waals surface area contributed by atoms with Crippen LogP contribution in [0.1, 0.15) is 52.9 Å². The fourth-order valence-electron chi connectivity index (χ4n) is 2.91. The van der Waals surface area contributed by atoms with E-state index < -0.39 is 8.32 Å². The van der Waals surface area contributed by atoms with E-state index in [9.17, 15) is 0 Å². The van der Waals surface area contributed by atoms with Crippen LogP contribution in [0.3, 0.4) is 0 Å². The average Bonchev–Trinajstić information content (AvgIpc) is 2.60. The van der Waals surface area contributed by atoms with E-state index in [-0.39, 0.29) is 0 Å². The zero-order chi connectivity index (χ0) is 18.7. The van der Waals surface area contributed by atoms with Crippen molar-refractivity contribution in [3.8, 4) is 0 Å². The summed E-state index contributed by atoms with van der Waals surface area (Å²) >= 11 is 0. The second kappa shape index (κ2) is 11.2. The lowest BCUT2D eigenvalue weighted by Gasteiger charge is -2.30. The molecule has 0 atom stereocenters. The van der Waals surface area contributed by atoms with E-state index in [2.05, 4.69) is 70.3 Å². The summed E-state index contributed by atoms with van der Waals surface area (Å²) in [7, 11) is -0.296. The van der Waals surface area contributed by atoms with Gasteiger partial charge in [0.05, 0.1) is 19.1 Å². The Morgan fingerprint density at radius 3 is 2.32 bits per heavy atom. The van der Waals surface area contributed by atoms with Crippen LogP contribution >= 0.6 is 0 Å². The molecule has 1 aromatic rings. The number of unbranched alkanes of at least 4 members (excludes halogenated alkanes) is 3. The molecule has 0 N–H and O–H groups in total. The average molecular weight is 361 g/mol. The molecule has 3 heteroatoms. The quantitative estimate of drug-likeness (QED) is 0.204. The molecular weight excluding hydrogens is 324 g/mol. The lowest BCUT2D eigenvalue weighted by molar-refractivity contribution is 0.335. The Hall–Kier alpha value is -1.48. The topological polar surface area (TPSA) is 18.5 Å². The fraction of sp³-hybridized carbons (Fsp3) is 0.545. The first-order valence-corrected chi connectivity index (χ1v) is 12.5. The largest absolute Gasteiger partial charge is 0.542 e. The minimum atomic E-state index is -1.99. The SMILES string of the molecule is CCCCCCC(/C=C/OC)=C(/O[Si](C)(C)c1ccccc1)C(C)C. The van der Waals surface area contributed by atoms with Crippen LogP contribution in [0.15, 0.2) is 54.0 Å². The van der Waals surface area contributed by atoms with Crippen molar-refractivity contribution in [3.05, 3.63) is 54.0 Å². The highest BCUT2D eigenvalue weighted by molar-refractivity contribution is 6.84. The predicted molar refractivity (Wildman–Crippen MR) is 111 cm³/mol. The molecule has 0 aromatic heterocycles. The van der Waals surface area contributed by atoms with E-state index in [0.29, 0.717) is 5.92 Å². The molecule has 0 aliphatic heterocycles. The molecule has 0 bridgehead atoms. The number of hydrogen-bond donors (Lipinski definition) is 0. The van der Waals surface area contributed by atoms with Crippen LogP contribution in [0.2, 0.25) is 13.1 Å². The van der Waals surface area contributed by atoms with E-state index in [1.54, 1.807) is 13.4 Å². The monoisotopic (exact) mass is 360 g/mol. The molecule has 0 fully saturated rings. The molecule has 0 amide bonds. The van der Waals surface area contributed by atoms with Gasteiger partial charge >= 0.3 is 0 Å². The van der Waals surface area contributed by atoms with Gasteiger partial charge in [0.25, 0.3) is 8.32 Å². The number of allylic oxidation sites excluding steroid dienone is 3. The molecule has 0 spiro atoms. The zero-order valence-corrected chi connectivity index (χ0v) is 18.0. The van der Waals surface area contributed by atoms with Crippen LogP contribution in [-0.2, 0) is 9.16 Å². The van der Waals surface area contributed by atoms with Crippen molar-refractivity contribution in [2.75, 3.05) is 7.11 Å². The smallest absolute Gasteiger partial charge is 0.276 e. The zero-order valence-electron chi connectivity index (χ0n) is 17.0.